The van der Waals surface area contributed by atoms with Crippen molar-refractivity contribution < 1.29 is 4.79 Å². The summed E-state index contributed by atoms with van der Waals surface area (Å²) in [6, 6.07) is 30.6. The van der Waals surface area contributed by atoms with E-state index in [1.165, 1.54) is 28.7 Å². The van der Waals surface area contributed by atoms with Crippen LogP contribution in [0.1, 0.15) is 53.9 Å². The first kappa shape index (κ1) is 22.5. The van der Waals surface area contributed by atoms with Gasteiger partial charge in [-0.1, -0.05) is 84.9 Å². The highest BCUT2D eigenvalue weighted by molar-refractivity contribution is 5.82. The molecule has 0 radical (unpaired) electrons. The molecule has 0 unspecified atom stereocenters. The van der Waals surface area contributed by atoms with Gasteiger partial charge in [0.2, 0.25) is 5.91 Å². The Hall–Kier alpha value is -2.91. The van der Waals surface area contributed by atoms with Crippen LogP contribution in [-0.4, -0.2) is 41.9 Å². The molecule has 3 aromatic carbocycles. The van der Waals surface area contributed by atoms with Crippen LogP contribution in [0.2, 0.25) is 0 Å². The summed E-state index contributed by atoms with van der Waals surface area (Å²) in [6.07, 6.45) is 5.57. The molecular weight excluding hydrogens is 428 g/mol. The van der Waals surface area contributed by atoms with Gasteiger partial charge in [0, 0.05) is 38.1 Å². The molecular formula is C32H36N2O. The lowest BCUT2D eigenvalue weighted by atomic mass is 9.64. The van der Waals surface area contributed by atoms with Gasteiger partial charge in [0.05, 0.1) is 5.92 Å². The SMILES string of the molecule is O=C([C@@H]1CN(Cc2ccccc2)C[C@]12CCCc1ccccc12)N1CCC(c2ccccc2)CC1. The number of carbonyl (C=O) groups is 1. The lowest BCUT2D eigenvalue weighted by Crippen LogP contribution is -2.49. The number of amides is 1. The molecule has 3 nitrogen and oxygen atoms in total. The minimum absolute atomic E-state index is 0.0425. The second-order valence-corrected chi connectivity index (χ2v) is 10.9. The number of hydrogen-bond acceptors (Lipinski definition) is 2. The number of fused-ring (bicyclic) bond motifs is 2. The Morgan fingerprint density at radius 2 is 1.54 bits per heavy atom. The Bertz CT molecular complexity index is 1150. The maximum absolute atomic E-state index is 14.2. The fourth-order valence-electron chi connectivity index (χ4n) is 7.14. The molecule has 0 saturated carbocycles. The average molecular weight is 465 g/mol. The van der Waals surface area contributed by atoms with Crippen LogP contribution in [0.15, 0.2) is 84.9 Å². The van der Waals surface area contributed by atoms with Crippen molar-refractivity contribution in [3.05, 3.63) is 107 Å². The van der Waals surface area contributed by atoms with Gasteiger partial charge in [-0.25, -0.2) is 0 Å². The summed E-state index contributed by atoms with van der Waals surface area (Å²) >= 11 is 0. The van der Waals surface area contributed by atoms with Gasteiger partial charge in [-0.05, 0) is 60.3 Å². The molecule has 2 saturated heterocycles. The van der Waals surface area contributed by atoms with Crippen molar-refractivity contribution in [1.82, 2.24) is 9.80 Å². The molecule has 180 valence electrons. The summed E-state index contributed by atoms with van der Waals surface area (Å²) in [5.74, 6) is 1.01. The standard InChI is InChI=1S/C32H36N2O/c35-31(34-20-17-27(18-21-34)26-12-5-2-6-13-26)30-23-33(22-25-10-3-1-4-11-25)24-32(30)19-9-15-28-14-7-8-16-29(28)32/h1-8,10-14,16,27,30H,9,15,17-24H2/t30-,32-/m0/s1. The van der Waals surface area contributed by atoms with E-state index in [0.29, 0.717) is 11.8 Å². The van der Waals surface area contributed by atoms with Gasteiger partial charge in [-0.2, -0.15) is 0 Å². The van der Waals surface area contributed by atoms with Crippen LogP contribution >= 0.6 is 0 Å². The van der Waals surface area contributed by atoms with Crippen molar-refractivity contribution in [3.63, 3.8) is 0 Å². The molecule has 1 amide bonds. The third-order valence-electron chi connectivity index (χ3n) is 8.86. The molecule has 35 heavy (non-hydrogen) atoms. The highest BCUT2D eigenvalue weighted by atomic mass is 16.2. The van der Waals surface area contributed by atoms with Gasteiger partial charge in [0.15, 0.2) is 0 Å². The zero-order chi connectivity index (χ0) is 23.7. The first-order chi connectivity index (χ1) is 17.2. The van der Waals surface area contributed by atoms with E-state index in [1.54, 1.807) is 0 Å². The molecule has 6 rings (SSSR count). The predicted octanol–water partition coefficient (Wildman–Crippen LogP) is 5.80. The average Bonchev–Trinajstić information content (AvgIpc) is 3.27. The number of nitrogens with zero attached hydrogens (tertiary/aromatic N) is 2. The highest BCUT2D eigenvalue weighted by Crippen LogP contribution is 2.48. The lowest BCUT2D eigenvalue weighted by Gasteiger charge is -2.42. The van der Waals surface area contributed by atoms with E-state index in [9.17, 15) is 4.79 Å². The molecule has 3 heteroatoms. The number of benzene rings is 3. The minimum Gasteiger partial charge on any atom is -0.342 e. The Balaban J connectivity index is 1.26. The normalized spacial score (nSPS) is 25.0. The van der Waals surface area contributed by atoms with Gasteiger partial charge < -0.3 is 4.90 Å². The molecule has 0 N–H and O–H groups in total. The summed E-state index contributed by atoms with van der Waals surface area (Å²) in [5.41, 5.74) is 5.60. The van der Waals surface area contributed by atoms with E-state index in [0.717, 1.165) is 58.4 Å². The van der Waals surface area contributed by atoms with Crippen LogP contribution in [0, 0.1) is 5.92 Å². The third-order valence-corrected chi connectivity index (χ3v) is 8.86. The van der Waals surface area contributed by atoms with Crippen molar-refractivity contribution in [2.45, 2.75) is 50.0 Å². The smallest absolute Gasteiger partial charge is 0.227 e. The van der Waals surface area contributed by atoms with E-state index in [1.807, 2.05) is 0 Å². The summed E-state index contributed by atoms with van der Waals surface area (Å²) in [7, 11) is 0. The van der Waals surface area contributed by atoms with E-state index in [4.69, 9.17) is 0 Å². The van der Waals surface area contributed by atoms with Crippen LogP contribution in [0.5, 0.6) is 0 Å². The van der Waals surface area contributed by atoms with Gasteiger partial charge in [0.25, 0.3) is 0 Å². The van der Waals surface area contributed by atoms with E-state index in [-0.39, 0.29) is 11.3 Å². The summed E-state index contributed by atoms with van der Waals surface area (Å²) < 4.78 is 0. The Morgan fingerprint density at radius 1 is 0.857 bits per heavy atom. The Morgan fingerprint density at radius 3 is 2.31 bits per heavy atom. The first-order valence-electron chi connectivity index (χ1n) is 13.4. The fraction of sp³-hybridized carbons (Fsp3) is 0.406. The molecule has 2 atom stereocenters. The number of carbonyl (C=O) groups excluding carboxylic acids is 1. The fourth-order valence-corrected chi connectivity index (χ4v) is 7.14. The molecule has 2 heterocycles. The predicted molar refractivity (Wildman–Crippen MR) is 141 cm³/mol. The van der Waals surface area contributed by atoms with Crippen LogP contribution < -0.4 is 0 Å². The van der Waals surface area contributed by atoms with Gasteiger partial charge in [-0.3, -0.25) is 9.69 Å². The molecule has 3 aromatic rings. The highest BCUT2D eigenvalue weighted by Gasteiger charge is 2.53. The minimum atomic E-state index is -0.0585. The summed E-state index contributed by atoms with van der Waals surface area (Å²) in [5, 5.41) is 0. The number of likely N-dealkylation sites (tertiary alicyclic amines) is 2. The van der Waals surface area contributed by atoms with Crippen molar-refractivity contribution in [1.29, 1.82) is 0 Å². The molecule has 0 aromatic heterocycles. The monoisotopic (exact) mass is 464 g/mol. The van der Waals surface area contributed by atoms with E-state index in [2.05, 4.69) is 94.7 Å². The molecule has 1 aliphatic carbocycles. The number of rotatable bonds is 4. The zero-order valence-corrected chi connectivity index (χ0v) is 20.6. The first-order valence-corrected chi connectivity index (χ1v) is 13.4. The number of hydrogen-bond donors (Lipinski definition) is 0. The number of aryl methyl sites for hydroxylation is 1. The van der Waals surface area contributed by atoms with E-state index >= 15 is 0 Å². The third kappa shape index (κ3) is 4.31. The summed E-state index contributed by atoms with van der Waals surface area (Å²) in [6.45, 7) is 4.53. The summed E-state index contributed by atoms with van der Waals surface area (Å²) in [4.78, 5) is 19.0. The molecule has 1 spiro atoms. The van der Waals surface area contributed by atoms with Crippen molar-refractivity contribution in [2.75, 3.05) is 26.2 Å². The van der Waals surface area contributed by atoms with Crippen molar-refractivity contribution >= 4 is 5.91 Å². The van der Waals surface area contributed by atoms with Crippen LogP contribution in [0.3, 0.4) is 0 Å². The van der Waals surface area contributed by atoms with Gasteiger partial charge in [0.1, 0.15) is 0 Å². The quantitative estimate of drug-likeness (QED) is 0.487. The Labute approximate surface area is 209 Å². The van der Waals surface area contributed by atoms with Crippen LogP contribution in [-0.2, 0) is 23.2 Å². The second kappa shape index (κ2) is 9.62. The molecule has 0 bridgehead atoms. The maximum Gasteiger partial charge on any atom is 0.227 e. The van der Waals surface area contributed by atoms with Gasteiger partial charge >= 0.3 is 0 Å². The number of piperidine rings is 1. The van der Waals surface area contributed by atoms with Crippen LogP contribution in [0.25, 0.3) is 0 Å². The lowest BCUT2D eigenvalue weighted by molar-refractivity contribution is -0.138. The topological polar surface area (TPSA) is 23.6 Å². The maximum atomic E-state index is 14.2. The van der Waals surface area contributed by atoms with Crippen molar-refractivity contribution in [3.8, 4) is 0 Å². The van der Waals surface area contributed by atoms with Crippen molar-refractivity contribution in [2.24, 2.45) is 5.92 Å². The van der Waals surface area contributed by atoms with Crippen LogP contribution in [0.4, 0.5) is 0 Å². The molecule has 2 aliphatic heterocycles. The molecule has 2 fully saturated rings. The van der Waals surface area contributed by atoms with E-state index < -0.39 is 0 Å². The van der Waals surface area contributed by atoms with Gasteiger partial charge in [-0.15, -0.1) is 0 Å². The zero-order valence-electron chi connectivity index (χ0n) is 20.6. The second-order valence-electron chi connectivity index (χ2n) is 10.9. The largest absolute Gasteiger partial charge is 0.342 e. The molecule has 3 aliphatic rings. The Kier molecular flexibility index (Phi) is 6.20.